The summed E-state index contributed by atoms with van der Waals surface area (Å²) in [6.45, 7) is 0.419. The zero-order valence-electron chi connectivity index (χ0n) is 8.33. The van der Waals surface area contributed by atoms with Crippen molar-refractivity contribution in [2.24, 2.45) is 5.73 Å². The molecule has 15 heavy (non-hydrogen) atoms. The molecule has 2 N–H and O–H groups in total. The first kappa shape index (κ1) is 10.4. The predicted molar refractivity (Wildman–Crippen MR) is 63.9 cm³/mol. The third-order valence-electron chi connectivity index (χ3n) is 2.22. The third kappa shape index (κ3) is 1.96. The normalized spacial score (nSPS) is 10.6. The Bertz CT molecular complexity index is 499. The molecule has 0 atom stereocenters. The van der Waals surface area contributed by atoms with Gasteiger partial charge in [0.15, 0.2) is 0 Å². The van der Waals surface area contributed by atoms with E-state index in [1.54, 1.807) is 7.11 Å². The van der Waals surface area contributed by atoms with Gasteiger partial charge in [-0.1, -0.05) is 22.0 Å². The summed E-state index contributed by atoms with van der Waals surface area (Å²) in [6, 6.07) is 7.97. The Kier molecular flexibility index (Phi) is 2.88. The summed E-state index contributed by atoms with van der Waals surface area (Å²) in [6.07, 6.45) is 0. The highest BCUT2D eigenvalue weighted by Crippen LogP contribution is 2.27. The first-order valence-corrected chi connectivity index (χ1v) is 5.37. The van der Waals surface area contributed by atoms with Crippen LogP contribution in [0, 0.1) is 0 Å². The quantitative estimate of drug-likeness (QED) is 0.909. The van der Waals surface area contributed by atoms with Crippen LogP contribution in [0.5, 0.6) is 5.88 Å². The Morgan fingerprint density at radius 1 is 1.40 bits per heavy atom. The number of hydrogen-bond acceptors (Lipinski definition) is 3. The molecule has 2 rings (SSSR count). The van der Waals surface area contributed by atoms with Gasteiger partial charge in [0, 0.05) is 16.4 Å². The SMILES string of the molecule is COc1nc(CN)cc2ccc(Br)cc12. The zero-order chi connectivity index (χ0) is 10.8. The summed E-state index contributed by atoms with van der Waals surface area (Å²) in [5.41, 5.74) is 6.40. The number of nitrogens with two attached hydrogens (primary N) is 1. The monoisotopic (exact) mass is 266 g/mol. The second-order valence-electron chi connectivity index (χ2n) is 3.19. The van der Waals surface area contributed by atoms with Gasteiger partial charge in [0.05, 0.1) is 12.8 Å². The van der Waals surface area contributed by atoms with Crippen LogP contribution >= 0.6 is 15.9 Å². The molecule has 0 aliphatic rings. The highest BCUT2D eigenvalue weighted by Gasteiger charge is 2.05. The first-order chi connectivity index (χ1) is 7.24. The van der Waals surface area contributed by atoms with Gasteiger partial charge in [-0.3, -0.25) is 0 Å². The van der Waals surface area contributed by atoms with Gasteiger partial charge >= 0.3 is 0 Å². The smallest absolute Gasteiger partial charge is 0.221 e. The lowest BCUT2D eigenvalue weighted by Crippen LogP contribution is -2.01. The fourth-order valence-electron chi connectivity index (χ4n) is 1.50. The minimum absolute atomic E-state index is 0.419. The van der Waals surface area contributed by atoms with E-state index in [1.807, 2.05) is 24.3 Å². The number of benzene rings is 1. The molecule has 0 aliphatic heterocycles. The van der Waals surface area contributed by atoms with Crippen molar-refractivity contribution in [1.82, 2.24) is 4.98 Å². The minimum Gasteiger partial charge on any atom is -0.481 e. The number of fused-ring (bicyclic) bond motifs is 1. The lowest BCUT2D eigenvalue weighted by molar-refractivity contribution is 0.402. The van der Waals surface area contributed by atoms with Crippen LogP contribution in [-0.4, -0.2) is 12.1 Å². The molecule has 0 radical (unpaired) electrons. The molecule has 0 saturated carbocycles. The Hall–Kier alpha value is -1.13. The Morgan fingerprint density at radius 3 is 2.87 bits per heavy atom. The minimum atomic E-state index is 0.419. The molecule has 2 aromatic rings. The summed E-state index contributed by atoms with van der Waals surface area (Å²) in [5, 5.41) is 2.08. The maximum atomic E-state index is 5.57. The molecule has 1 aromatic heterocycles. The molecular formula is C11H11BrN2O. The average Bonchev–Trinajstić information content (AvgIpc) is 2.27. The van der Waals surface area contributed by atoms with Crippen molar-refractivity contribution < 1.29 is 4.74 Å². The van der Waals surface area contributed by atoms with Crippen molar-refractivity contribution in [3.8, 4) is 5.88 Å². The number of nitrogens with zero attached hydrogens (tertiary/aromatic N) is 1. The van der Waals surface area contributed by atoms with E-state index in [0.717, 1.165) is 20.9 Å². The van der Waals surface area contributed by atoms with Crippen molar-refractivity contribution in [3.05, 3.63) is 34.4 Å². The second kappa shape index (κ2) is 4.16. The number of ether oxygens (including phenoxy) is 1. The third-order valence-corrected chi connectivity index (χ3v) is 2.71. The molecule has 0 saturated heterocycles. The van der Waals surface area contributed by atoms with Gasteiger partial charge in [-0.25, -0.2) is 4.98 Å². The first-order valence-electron chi connectivity index (χ1n) is 4.58. The number of halogens is 1. The summed E-state index contributed by atoms with van der Waals surface area (Å²) in [7, 11) is 1.61. The van der Waals surface area contributed by atoms with Crippen LogP contribution in [0.15, 0.2) is 28.7 Å². The van der Waals surface area contributed by atoms with E-state index in [2.05, 4.69) is 20.9 Å². The summed E-state index contributed by atoms with van der Waals surface area (Å²) in [5.74, 6) is 0.620. The van der Waals surface area contributed by atoms with Crippen LogP contribution < -0.4 is 10.5 Å². The van der Waals surface area contributed by atoms with E-state index in [9.17, 15) is 0 Å². The Morgan fingerprint density at radius 2 is 2.20 bits per heavy atom. The van der Waals surface area contributed by atoms with Crippen molar-refractivity contribution in [2.45, 2.75) is 6.54 Å². The van der Waals surface area contributed by atoms with Gasteiger partial charge in [-0.15, -0.1) is 0 Å². The van der Waals surface area contributed by atoms with E-state index >= 15 is 0 Å². The molecule has 4 heteroatoms. The van der Waals surface area contributed by atoms with Crippen molar-refractivity contribution in [3.63, 3.8) is 0 Å². The van der Waals surface area contributed by atoms with Crippen LogP contribution in [0.2, 0.25) is 0 Å². The molecule has 0 amide bonds. The number of methoxy groups -OCH3 is 1. The lowest BCUT2D eigenvalue weighted by Gasteiger charge is -2.07. The molecule has 0 unspecified atom stereocenters. The fraction of sp³-hybridized carbons (Fsp3) is 0.182. The highest BCUT2D eigenvalue weighted by atomic mass is 79.9. The van der Waals surface area contributed by atoms with Gasteiger partial charge in [0.25, 0.3) is 0 Å². The number of pyridine rings is 1. The highest BCUT2D eigenvalue weighted by molar-refractivity contribution is 9.10. The van der Waals surface area contributed by atoms with Crippen molar-refractivity contribution in [2.75, 3.05) is 7.11 Å². The van der Waals surface area contributed by atoms with Crippen LogP contribution in [0.25, 0.3) is 10.8 Å². The molecule has 1 heterocycles. The second-order valence-corrected chi connectivity index (χ2v) is 4.11. The Balaban J connectivity index is 2.75. The van der Waals surface area contributed by atoms with E-state index in [4.69, 9.17) is 10.5 Å². The van der Waals surface area contributed by atoms with Gasteiger partial charge in [-0.2, -0.15) is 0 Å². The topological polar surface area (TPSA) is 48.1 Å². The summed E-state index contributed by atoms with van der Waals surface area (Å²) < 4.78 is 6.25. The molecule has 3 nitrogen and oxygen atoms in total. The van der Waals surface area contributed by atoms with E-state index < -0.39 is 0 Å². The van der Waals surface area contributed by atoms with E-state index in [0.29, 0.717) is 12.4 Å². The standard InChI is InChI=1S/C11H11BrN2O/c1-15-11-10-5-8(12)3-2-7(10)4-9(6-13)14-11/h2-5H,6,13H2,1H3. The fourth-order valence-corrected chi connectivity index (χ4v) is 1.86. The summed E-state index contributed by atoms with van der Waals surface area (Å²) in [4.78, 5) is 4.31. The maximum Gasteiger partial charge on any atom is 0.221 e. The molecule has 78 valence electrons. The molecule has 0 bridgehead atoms. The molecule has 0 aliphatic carbocycles. The molecule has 0 spiro atoms. The van der Waals surface area contributed by atoms with E-state index in [-0.39, 0.29) is 0 Å². The lowest BCUT2D eigenvalue weighted by atomic mass is 10.1. The van der Waals surface area contributed by atoms with Gasteiger partial charge in [0.1, 0.15) is 0 Å². The van der Waals surface area contributed by atoms with Crippen LogP contribution in [0.3, 0.4) is 0 Å². The maximum absolute atomic E-state index is 5.57. The van der Waals surface area contributed by atoms with Crippen molar-refractivity contribution in [1.29, 1.82) is 0 Å². The largest absolute Gasteiger partial charge is 0.481 e. The average molecular weight is 267 g/mol. The molecule has 0 fully saturated rings. The van der Waals surface area contributed by atoms with Crippen molar-refractivity contribution >= 4 is 26.7 Å². The van der Waals surface area contributed by atoms with Crippen LogP contribution in [0.4, 0.5) is 0 Å². The molecular weight excluding hydrogens is 256 g/mol. The number of rotatable bonds is 2. The van der Waals surface area contributed by atoms with Crippen LogP contribution in [0.1, 0.15) is 5.69 Å². The number of aromatic nitrogens is 1. The summed E-state index contributed by atoms with van der Waals surface area (Å²) >= 11 is 3.42. The van der Waals surface area contributed by atoms with Crippen LogP contribution in [-0.2, 0) is 6.54 Å². The van der Waals surface area contributed by atoms with Gasteiger partial charge in [0.2, 0.25) is 5.88 Å². The van der Waals surface area contributed by atoms with Gasteiger partial charge < -0.3 is 10.5 Å². The Labute approximate surface area is 96.4 Å². The van der Waals surface area contributed by atoms with Gasteiger partial charge in [-0.05, 0) is 23.6 Å². The predicted octanol–water partition coefficient (Wildman–Crippen LogP) is 2.46. The number of hydrogen-bond donors (Lipinski definition) is 1. The molecule has 1 aromatic carbocycles. The van der Waals surface area contributed by atoms with E-state index in [1.165, 1.54) is 0 Å². The zero-order valence-corrected chi connectivity index (χ0v) is 9.91.